The monoisotopic (exact) mass is 384 g/mol. The lowest BCUT2D eigenvalue weighted by atomic mass is 10.1. The SMILES string of the molecule is COc1cccc(C2C[C@@H]2c2nc3ccccc3c(=O)n2-c2ccccc2)c1O. The third kappa shape index (κ3) is 2.86. The molecule has 29 heavy (non-hydrogen) atoms. The predicted molar refractivity (Wildman–Crippen MR) is 112 cm³/mol. The molecule has 0 radical (unpaired) electrons. The van der Waals surface area contributed by atoms with E-state index in [0.29, 0.717) is 16.7 Å². The van der Waals surface area contributed by atoms with Gasteiger partial charge in [-0.25, -0.2) is 4.98 Å². The van der Waals surface area contributed by atoms with Gasteiger partial charge >= 0.3 is 0 Å². The molecule has 0 aliphatic heterocycles. The molecule has 1 N–H and O–H groups in total. The smallest absolute Gasteiger partial charge is 0.265 e. The number of benzene rings is 3. The van der Waals surface area contributed by atoms with Crippen LogP contribution < -0.4 is 10.3 Å². The van der Waals surface area contributed by atoms with E-state index in [2.05, 4.69) is 0 Å². The highest BCUT2D eigenvalue weighted by molar-refractivity contribution is 5.78. The molecule has 0 spiro atoms. The number of aromatic nitrogens is 2. The molecule has 0 amide bonds. The molecule has 0 bridgehead atoms. The average Bonchev–Trinajstić information content (AvgIpc) is 3.55. The zero-order valence-corrected chi connectivity index (χ0v) is 15.9. The number of fused-ring (bicyclic) bond motifs is 1. The number of aromatic hydroxyl groups is 1. The van der Waals surface area contributed by atoms with Crippen LogP contribution in [0.5, 0.6) is 11.5 Å². The van der Waals surface area contributed by atoms with E-state index < -0.39 is 0 Å². The summed E-state index contributed by atoms with van der Waals surface area (Å²) in [5.41, 5.74) is 2.25. The van der Waals surface area contributed by atoms with E-state index in [0.717, 1.165) is 23.5 Å². The van der Waals surface area contributed by atoms with E-state index in [4.69, 9.17) is 9.72 Å². The van der Waals surface area contributed by atoms with Crippen molar-refractivity contribution in [1.29, 1.82) is 0 Å². The van der Waals surface area contributed by atoms with Gasteiger partial charge in [0.2, 0.25) is 0 Å². The molecule has 1 unspecified atom stereocenters. The fraction of sp³-hybridized carbons (Fsp3) is 0.167. The van der Waals surface area contributed by atoms with Crippen LogP contribution in [0.25, 0.3) is 16.6 Å². The number of hydrogen-bond donors (Lipinski definition) is 1. The summed E-state index contributed by atoms with van der Waals surface area (Å²) < 4.78 is 6.97. The van der Waals surface area contributed by atoms with Gasteiger partial charge in [0.05, 0.1) is 23.7 Å². The van der Waals surface area contributed by atoms with Crippen LogP contribution in [-0.4, -0.2) is 21.8 Å². The molecule has 4 aromatic rings. The van der Waals surface area contributed by atoms with Crippen LogP contribution in [0.3, 0.4) is 0 Å². The van der Waals surface area contributed by atoms with Gasteiger partial charge < -0.3 is 9.84 Å². The number of methoxy groups -OCH3 is 1. The van der Waals surface area contributed by atoms with Gasteiger partial charge in [-0.05, 0) is 42.7 Å². The number of hydrogen-bond acceptors (Lipinski definition) is 4. The second-order valence-electron chi connectivity index (χ2n) is 7.31. The molecule has 5 rings (SSSR count). The molecule has 5 heteroatoms. The first-order valence-electron chi connectivity index (χ1n) is 9.62. The molecule has 1 fully saturated rings. The van der Waals surface area contributed by atoms with Crippen LogP contribution in [0.2, 0.25) is 0 Å². The van der Waals surface area contributed by atoms with Crippen LogP contribution in [0.4, 0.5) is 0 Å². The number of phenolic OH excluding ortho intramolecular Hbond substituents is 1. The summed E-state index contributed by atoms with van der Waals surface area (Å²) in [5.74, 6) is 1.49. The molecular formula is C24H20N2O3. The van der Waals surface area contributed by atoms with E-state index in [9.17, 15) is 9.90 Å². The molecule has 144 valence electrons. The number of phenols is 1. The van der Waals surface area contributed by atoms with Gasteiger partial charge in [0, 0.05) is 11.5 Å². The fourth-order valence-corrected chi connectivity index (χ4v) is 4.05. The Bertz CT molecular complexity index is 1260. The molecule has 1 aromatic heterocycles. The van der Waals surface area contributed by atoms with Crippen LogP contribution in [0.15, 0.2) is 77.6 Å². The van der Waals surface area contributed by atoms with Gasteiger partial charge in [-0.3, -0.25) is 9.36 Å². The van der Waals surface area contributed by atoms with Crippen molar-refractivity contribution < 1.29 is 9.84 Å². The van der Waals surface area contributed by atoms with Crippen LogP contribution in [-0.2, 0) is 0 Å². The van der Waals surface area contributed by atoms with Gasteiger partial charge in [0.1, 0.15) is 5.82 Å². The van der Waals surface area contributed by atoms with E-state index in [-0.39, 0.29) is 23.1 Å². The summed E-state index contributed by atoms with van der Waals surface area (Å²) in [5, 5.41) is 11.2. The van der Waals surface area contributed by atoms with Crippen molar-refractivity contribution in [3.63, 3.8) is 0 Å². The molecule has 5 nitrogen and oxygen atoms in total. The fourth-order valence-electron chi connectivity index (χ4n) is 4.05. The lowest BCUT2D eigenvalue weighted by Gasteiger charge is -2.14. The Morgan fingerprint density at radius 3 is 2.52 bits per heavy atom. The first-order valence-corrected chi connectivity index (χ1v) is 9.62. The van der Waals surface area contributed by atoms with Crippen molar-refractivity contribution >= 4 is 10.9 Å². The van der Waals surface area contributed by atoms with Crippen LogP contribution in [0.1, 0.15) is 29.6 Å². The molecule has 2 atom stereocenters. The maximum Gasteiger partial charge on any atom is 0.265 e. The highest BCUT2D eigenvalue weighted by Gasteiger charge is 2.44. The first-order chi connectivity index (χ1) is 14.2. The molecule has 1 heterocycles. The Morgan fingerprint density at radius 2 is 1.72 bits per heavy atom. The van der Waals surface area contributed by atoms with Crippen molar-refractivity contribution in [2.24, 2.45) is 0 Å². The van der Waals surface area contributed by atoms with Gasteiger partial charge in [-0.2, -0.15) is 0 Å². The summed E-state index contributed by atoms with van der Waals surface area (Å²) in [6.45, 7) is 0. The Hall–Kier alpha value is -3.60. The van der Waals surface area contributed by atoms with Gasteiger partial charge in [0.15, 0.2) is 11.5 Å². The minimum atomic E-state index is -0.0719. The van der Waals surface area contributed by atoms with Crippen molar-refractivity contribution in [2.75, 3.05) is 7.11 Å². The maximum absolute atomic E-state index is 13.3. The number of ether oxygens (including phenoxy) is 1. The highest BCUT2D eigenvalue weighted by atomic mass is 16.5. The minimum Gasteiger partial charge on any atom is -0.504 e. The molecule has 0 saturated heterocycles. The highest BCUT2D eigenvalue weighted by Crippen LogP contribution is 2.57. The lowest BCUT2D eigenvalue weighted by Crippen LogP contribution is -2.23. The normalized spacial score (nSPS) is 18.0. The van der Waals surface area contributed by atoms with Gasteiger partial charge in [-0.1, -0.05) is 42.5 Å². The lowest BCUT2D eigenvalue weighted by molar-refractivity contribution is 0.370. The number of nitrogens with zero attached hydrogens (tertiary/aromatic N) is 2. The van der Waals surface area contributed by atoms with E-state index >= 15 is 0 Å². The van der Waals surface area contributed by atoms with E-state index in [1.165, 1.54) is 0 Å². The summed E-state index contributed by atoms with van der Waals surface area (Å²) in [7, 11) is 1.54. The second kappa shape index (κ2) is 6.78. The summed E-state index contributed by atoms with van der Waals surface area (Å²) in [4.78, 5) is 18.2. The molecular weight excluding hydrogens is 364 g/mol. The maximum atomic E-state index is 13.3. The third-order valence-corrected chi connectivity index (χ3v) is 5.59. The largest absolute Gasteiger partial charge is 0.504 e. The molecule has 1 aliphatic rings. The number of rotatable bonds is 4. The van der Waals surface area contributed by atoms with E-state index in [1.807, 2.05) is 66.7 Å². The van der Waals surface area contributed by atoms with Gasteiger partial charge in [-0.15, -0.1) is 0 Å². The summed E-state index contributed by atoms with van der Waals surface area (Å²) in [6.07, 6.45) is 0.818. The topological polar surface area (TPSA) is 64.3 Å². The first kappa shape index (κ1) is 17.5. The summed E-state index contributed by atoms with van der Waals surface area (Å²) >= 11 is 0. The zero-order chi connectivity index (χ0) is 20.0. The predicted octanol–water partition coefficient (Wildman–Crippen LogP) is 4.37. The van der Waals surface area contributed by atoms with Crippen LogP contribution >= 0.6 is 0 Å². The van der Waals surface area contributed by atoms with Crippen molar-refractivity contribution in [1.82, 2.24) is 9.55 Å². The molecule has 1 aliphatic carbocycles. The summed E-state index contributed by atoms with van der Waals surface area (Å²) in [6, 6.07) is 22.6. The van der Waals surface area contributed by atoms with Crippen molar-refractivity contribution in [3.8, 4) is 17.2 Å². The Labute approximate surface area is 167 Å². The van der Waals surface area contributed by atoms with Gasteiger partial charge in [0.25, 0.3) is 5.56 Å². The third-order valence-electron chi connectivity index (χ3n) is 5.59. The standard InChI is InChI=1S/C24H20N2O3/c1-29-21-13-7-11-16(22(21)27)18-14-19(18)23-25-20-12-6-5-10-17(20)24(28)26(23)15-8-3-2-4-9-15/h2-13,18-19,27H,14H2,1H3/t18?,19-/m0/s1. The Kier molecular flexibility index (Phi) is 4.09. The Balaban J connectivity index is 1.67. The van der Waals surface area contributed by atoms with E-state index in [1.54, 1.807) is 17.7 Å². The quantitative estimate of drug-likeness (QED) is 0.567. The number of para-hydroxylation sites is 3. The molecule has 3 aromatic carbocycles. The Morgan fingerprint density at radius 1 is 0.966 bits per heavy atom. The second-order valence-corrected chi connectivity index (χ2v) is 7.31. The van der Waals surface area contributed by atoms with Crippen molar-refractivity contribution in [2.45, 2.75) is 18.3 Å². The van der Waals surface area contributed by atoms with Crippen LogP contribution in [0, 0.1) is 0 Å². The average molecular weight is 384 g/mol. The minimum absolute atomic E-state index is 0.0468. The van der Waals surface area contributed by atoms with Crippen molar-refractivity contribution in [3.05, 3.63) is 94.5 Å². The molecule has 1 saturated carbocycles. The zero-order valence-electron chi connectivity index (χ0n) is 15.9.